The van der Waals surface area contributed by atoms with E-state index < -0.39 is 27.8 Å². The first-order valence-electron chi connectivity index (χ1n) is 9.03. The van der Waals surface area contributed by atoms with E-state index in [9.17, 15) is 23.1 Å². The van der Waals surface area contributed by atoms with E-state index in [1.807, 2.05) is 0 Å². The summed E-state index contributed by atoms with van der Waals surface area (Å²) in [6.07, 6.45) is 2.34. The number of rotatable bonds is 5. The molecule has 0 bridgehead atoms. The molecule has 1 atom stereocenters. The number of carboxylic acids is 1. The zero-order chi connectivity index (χ0) is 19.4. The average molecular weight is 397 g/mol. The van der Waals surface area contributed by atoms with Crippen molar-refractivity contribution in [3.63, 3.8) is 0 Å². The number of nitrogens with zero attached hydrogens (tertiary/aromatic N) is 1. The summed E-state index contributed by atoms with van der Waals surface area (Å²) in [4.78, 5) is 25.1. The number of hydrogen-bond acceptors (Lipinski definition) is 6. The molecule has 3 rings (SSSR count). The van der Waals surface area contributed by atoms with Crippen molar-refractivity contribution < 1.29 is 32.6 Å². The maximum Gasteiger partial charge on any atom is 0.326 e. The maximum atomic E-state index is 12.6. The molecule has 0 radical (unpaired) electrons. The molecule has 2 aliphatic heterocycles. The highest BCUT2D eigenvalue weighted by Gasteiger charge is 2.32. The van der Waals surface area contributed by atoms with Gasteiger partial charge in [0.1, 0.15) is 6.04 Å². The summed E-state index contributed by atoms with van der Waals surface area (Å²) in [6, 6.07) is 3.54. The molecule has 1 N–H and O–H groups in total. The molecule has 2 heterocycles. The minimum atomic E-state index is -3.71. The number of carbonyl (C=O) groups is 2. The zero-order valence-electron chi connectivity index (χ0n) is 14.9. The van der Waals surface area contributed by atoms with Crippen LogP contribution in [0.1, 0.15) is 32.1 Å². The monoisotopic (exact) mass is 397 g/mol. The Morgan fingerprint density at radius 2 is 1.85 bits per heavy atom. The molecule has 8 nitrogen and oxygen atoms in total. The Morgan fingerprint density at radius 1 is 1.11 bits per heavy atom. The van der Waals surface area contributed by atoms with Gasteiger partial charge in [-0.05, 0) is 31.4 Å². The summed E-state index contributed by atoms with van der Waals surface area (Å²) in [5.74, 6) is -0.996. The SMILES string of the molecule is O=C(O)C1CCCCN1C(=O)CCS(=O)(=O)c1ccc2c(c1)OCCCO2. The van der Waals surface area contributed by atoms with Crippen LogP contribution in [0.2, 0.25) is 0 Å². The first kappa shape index (κ1) is 19.5. The minimum Gasteiger partial charge on any atom is -0.490 e. The number of fused-ring (bicyclic) bond motifs is 1. The molecule has 9 heteroatoms. The predicted octanol–water partition coefficient (Wildman–Crippen LogP) is 1.48. The lowest BCUT2D eigenvalue weighted by Crippen LogP contribution is -2.48. The van der Waals surface area contributed by atoms with Gasteiger partial charge in [0, 0.05) is 25.5 Å². The summed E-state index contributed by atoms with van der Waals surface area (Å²) in [5, 5.41) is 9.26. The molecule has 2 aliphatic rings. The van der Waals surface area contributed by atoms with Crippen LogP contribution in [-0.2, 0) is 19.4 Å². The van der Waals surface area contributed by atoms with Gasteiger partial charge in [-0.3, -0.25) is 4.79 Å². The van der Waals surface area contributed by atoms with Gasteiger partial charge in [-0.2, -0.15) is 0 Å². The summed E-state index contributed by atoms with van der Waals surface area (Å²) < 4.78 is 36.3. The molecule has 0 spiro atoms. The largest absolute Gasteiger partial charge is 0.490 e. The number of aliphatic carboxylic acids is 1. The summed E-state index contributed by atoms with van der Waals surface area (Å²) in [6.45, 7) is 1.30. The van der Waals surface area contributed by atoms with E-state index >= 15 is 0 Å². The molecular formula is C18H23NO7S. The van der Waals surface area contributed by atoms with Gasteiger partial charge in [-0.1, -0.05) is 0 Å². The second-order valence-corrected chi connectivity index (χ2v) is 8.77. The molecule has 27 heavy (non-hydrogen) atoms. The number of benzene rings is 1. The molecule has 1 amide bonds. The molecule has 1 unspecified atom stereocenters. The lowest BCUT2D eigenvalue weighted by atomic mass is 10.0. The van der Waals surface area contributed by atoms with Crippen molar-refractivity contribution in [1.29, 1.82) is 0 Å². The average Bonchev–Trinajstić information content (AvgIpc) is 2.91. The highest BCUT2D eigenvalue weighted by Crippen LogP contribution is 2.32. The van der Waals surface area contributed by atoms with Crippen LogP contribution in [0.15, 0.2) is 23.1 Å². The van der Waals surface area contributed by atoms with Crippen molar-refractivity contribution >= 4 is 21.7 Å². The van der Waals surface area contributed by atoms with E-state index in [0.717, 1.165) is 12.8 Å². The van der Waals surface area contributed by atoms with Crippen molar-refractivity contribution in [3.05, 3.63) is 18.2 Å². The summed E-state index contributed by atoms with van der Waals surface area (Å²) in [5.41, 5.74) is 0. The lowest BCUT2D eigenvalue weighted by molar-refractivity contribution is -0.151. The number of likely N-dealkylation sites (tertiary alicyclic amines) is 1. The zero-order valence-corrected chi connectivity index (χ0v) is 15.7. The van der Waals surface area contributed by atoms with Gasteiger partial charge in [0.05, 0.1) is 23.9 Å². The molecule has 1 saturated heterocycles. The van der Waals surface area contributed by atoms with Crippen molar-refractivity contribution in [2.75, 3.05) is 25.5 Å². The fourth-order valence-electron chi connectivity index (χ4n) is 3.31. The number of ether oxygens (including phenoxy) is 2. The van der Waals surface area contributed by atoms with Crippen LogP contribution in [0, 0.1) is 0 Å². The van der Waals surface area contributed by atoms with Crippen LogP contribution in [0.3, 0.4) is 0 Å². The third-order valence-corrected chi connectivity index (χ3v) is 6.48. The second-order valence-electron chi connectivity index (χ2n) is 6.66. The van der Waals surface area contributed by atoms with Gasteiger partial charge < -0.3 is 19.5 Å². The molecule has 0 aromatic heterocycles. The minimum absolute atomic E-state index is 0.0629. The standard InChI is InChI=1S/C18H23NO7S/c20-17(19-8-2-1-4-14(19)18(21)22)7-11-27(23,24)13-5-6-15-16(12-13)26-10-3-9-25-15/h5-6,12,14H,1-4,7-11H2,(H,21,22). The molecule has 0 saturated carbocycles. The fraction of sp³-hybridized carbons (Fsp3) is 0.556. The third kappa shape index (κ3) is 4.52. The Balaban J connectivity index is 1.68. The van der Waals surface area contributed by atoms with Crippen LogP contribution >= 0.6 is 0 Å². The number of hydrogen-bond donors (Lipinski definition) is 1. The third-order valence-electron chi connectivity index (χ3n) is 4.77. The Hall–Kier alpha value is -2.29. The van der Waals surface area contributed by atoms with E-state index in [1.54, 1.807) is 6.07 Å². The van der Waals surface area contributed by atoms with Gasteiger partial charge in [-0.15, -0.1) is 0 Å². The Kier molecular flexibility index (Phi) is 5.88. The number of sulfone groups is 1. The normalized spacial score (nSPS) is 20.0. The van der Waals surface area contributed by atoms with Gasteiger partial charge in [0.15, 0.2) is 21.3 Å². The topological polar surface area (TPSA) is 110 Å². The number of carboxylic acid groups (broad SMARTS) is 1. The van der Waals surface area contributed by atoms with Gasteiger partial charge >= 0.3 is 5.97 Å². The Bertz CT molecular complexity index is 821. The van der Waals surface area contributed by atoms with E-state index in [-0.39, 0.29) is 17.1 Å². The lowest BCUT2D eigenvalue weighted by Gasteiger charge is -2.33. The molecule has 1 fully saturated rings. The Labute approximate surface area is 158 Å². The smallest absolute Gasteiger partial charge is 0.326 e. The summed E-state index contributed by atoms with van der Waals surface area (Å²) in [7, 11) is -3.71. The number of piperidine rings is 1. The highest BCUT2D eigenvalue weighted by atomic mass is 32.2. The number of carbonyl (C=O) groups excluding carboxylic acids is 1. The van der Waals surface area contributed by atoms with Gasteiger partial charge in [0.25, 0.3) is 0 Å². The van der Waals surface area contributed by atoms with E-state index in [4.69, 9.17) is 9.47 Å². The molecule has 1 aromatic rings. The van der Waals surface area contributed by atoms with E-state index in [2.05, 4.69) is 0 Å². The molecular weight excluding hydrogens is 374 g/mol. The van der Waals surface area contributed by atoms with E-state index in [1.165, 1.54) is 17.0 Å². The van der Waals surface area contributed by atoms with Crippen LogP contribution in [0.5, 0.6) is 11.5 Å². The van der Waals surface area contributed by atoms with Crippen molar-refractivity contribution in [2.45, 2.75) is 43.0 Å². The first-order chi connectivity index (χ1) is 12.9. The van der Waals surface area contributed by atoms with Crippen LogP contribution in [0.25, 0.3) is 0 Å². The Morgan fingerprint density at radius 3 is 2.59 bits per heavy atom. The van der Waals surface area contributed by atoms with Crippen LogP contribution < -0.4 is 9.47 Å². The van der Waals surface area contributed by atoms with Gasteiger partial charge in [0.2, 0.25) is 5.91 Å². The van der Waals surface area contributed by atoms with Crippen molar-refractivity contribution in [1.82, 2.24) is 4.90 Å². The maximum absolute atomic E-state index is 12.6. The quantitative estimate of drug-likeness (QED) is 0.801. The first-order valence-corrected chi connectivity index (χ1v) is 10.7. The van der Waals surface area contributed by atoms with E-state index in [0.29, 0.717) is 44.1 Å². The molecule has 148 valence electrons. The molecule has 1 aromatic carbocycles. The van der Waals surface area contributed by atoms with Crippen molar-refractivity contribution in [2.24, 2.45) is 0 Å². The molecule has 0 aliphatic carbocycles. The highest BCUT2D eigenvalue weighted by molar-refractivity contribution is 7.91. The van der Waals surface area contributed by atoms with Gasteiger partial charge in [-0.25, -0.2) is 13.2 Å². The van der Waals surface area contributed by atoms with Crippen LogP contribution in [0.4, 0.5) is 0 Å². The fourth-order valence-corrected chi connectivity index (χ4v) is 4.55. The second kappa shape index (κ2) is 8.16. The van der Waals surface area contributed by atoms with Crippen molar-refractivity contribution in [3.8, 4) is 11.5 Å². The number of amides is 1. The predicted molar refractivity (Wildman–Crippen MR) is 95.7 cm³/mol. The summed E-state index contributed by atoms with van der Waals surface area (Å²) >= 11 is 0. The van der Waals surface area contributed by atoms with Crippen LogP contribution in [-0.4, -0.2) is 61.9 Å².